The molecule has 1 aliphatic carbocycles. The molecule has 5 rings (SSSR count). The van der Waals surface area contributed by atoms with Gasteiger partial charge in [0, 0.05) is 17.3 Å². The molecule has 0 aliphatic heterocycles. The van der Waals surface area contributed by atoms with Gasteiger partial charge in [0.15, 0.2) is 0 Å². The Morgan fingerprint density at radius 1 is 1.15 bits per heavy atom. The van der Waals surface area contributed by atoms with Crippen LogP contribution in [0.1, 0.15) is 40.5 Å². The van der Waals surface area contributed by atoms with Gasteiger partial charge in [-0.3, -0.25) is 14.2 Å². The van der Waals surface area contributed by atoms with Crippen molar-refractivity contribution in [2.45, 2.75) is 25.8 Å². The highest BCUT2D eigenvalue weighted by atomic mass is 19.1. The van der Waals surface area contributed by atoms with Crippen molar-refractivity contribution in [3.8, 4) is 5.69 Å². The predicted molar refractivity (Wildman–Crippen MR) is 126 cm³/mol. The summed E-state index contributed by atoms with van der Waals surface area (Å²) in [6.07, 6.45) is 3.29. The summed E-state index contributed by atoms with van der Waals surface area (Å²) >= 11 is 0. The number of halogens is 2. The van der Waals surface area contributed by atoms with Crippen molar-refractivity contribution < 1.29 is 13.6 Å². The Kier molecular flexibility index (Phi) is 5.36. The molecule has 1 atom stereocenters. The second-order valence-electron chi connectivity index (χ2n) is 8.51. The van der Waals surface area contributed by atoms with Crippen molar-refractivity contribution in [2.75, 3.05) is 5.73 Å². The minimum Gasteiger partial charge on any atom is -0.382 e. The van der Waals surface area contributed by atoms with Crippen molar-refractivity contribution in [3.05, 3.63) is 99.6 Å². The number of benzene rings is 2. The summed E-state index contributed by atoms with van der Waals surface area (Å²) in [7, 11) is 0. The van der Waals surface area contributed by atoms with E-state index in [0.29, 0.717) is 11.3 Å². The number of carbonyl (C=O) groups is 1. The largest absolute Gasteiger partial charge is 0.382 e. The molecule has 2 heterocycles. The average molecular weight is 460 g/mol. The summed E-state index contributed by atoms with van der Waals surface area (Å²) in [5, 5.41) is 3.00. The molecule has 2 aromatic heterocycles. The van der Waals surface area contributed by atoms with Crippen LogP contribution in [0.25, 0.3) is 16.5 Å². The number of nitrogen functional groups attached to an aromatic ring is 1. The first-order chi connectivity index (χ1) is 16.4. The fourth-order valence-electron chi connectivity index (χ4n) is 4.51. The molecule has 1 amide bonds. The first-order valence-electron chi connectivity index (χ1n) is 11.0. The first-order valence-corrected chi connectivity index (χ1v) is 11.0. The number of anilines is 1. The van der Waals surface area contributed by atoms with E-state index in [2.05, 4.69) is 10.3 Å². The standard InChI is InChI=1S/C26H22F2N4O2/c1-14-21(25(33)31-23(15-10-11-15)16-5-2-6-17(27)13-16)18-7-3-8-19(28)22(18)26(34)32(14)20-9-4-12-30-24(20)29/h2-9,12-13,15,23H,10-11H2,1H3,(H2,29,30)(H,31,33)/t23-/m0/s1. The van der Waals surface area contributed by atoms with Gasteiger partial charge < -0.3 is 11.1 Å². The van der Waals surface area contributed by atoms with E-state index in [1.54, 1.807) is 37.3 Å². The lowest BCUT2D eigenvalue weighted by molar-refractivity contribution is 0.0932. The number of aromatic nitrogens is 2. The zero-order valence-corrected chi connectivity index (χ0v) is 18.4. The number of nitrogens with one attached hydrogen (secondary N) is 1. The van der Waals surface area contributed by atoms with Gasteiger partial charge in [-0.2, -0.15) is 0 Å². The molecule has 1 saturated carbocycles. The summed E-state index contributed by atoms with van der Waals surface area (Å²) in [6, 6.07) is 13.1. The monoisotopic (exact) mass is 460 g/mol. The highest BCUT2D eigenvalue weighted by Gasteiger charge is 2.35. The summed E-state index contributed by atoms with van der Waals surface area (Å²) in [5.74, 6) is -1.36. The smallest absolute Gasteiger partial charge is 0.266 e. The van der Waals surface area contributed by atoms with E-state index in [-0.39, 0.29) is 39.6 Å². The van der Waals surface area contributed by atoms with Crippen LogP contribution in [0.2, 0.25) is 0 Å². The lowest BCUT2D eigenvalue weighted by Crippen LogP contribution is -2.33. The number of amides is 1. The third-order valence-corrected chi connectivity index (χ3v) is 6.27. The Balaban J connectivity index is 1.70. The van der Waals surface area contributed by atoms with Crippen LogP contribution in [0, 0.1) is 24.5 Å². The average Bonchev–Trinajstić information content (AvgIpc) is 3.64. The number of nitrogens with two attached hydrogens (primary N) is 1. The third kappa shape index (κ3) is 3.71. The van der Waals surface area contributed by atoms with Gasteiger partial charge in [-0.15, -0.1) is 0 Å². The van der Waals surface area contributed by atoms with Crippen molar-refractivity contribution in [2.24, 2.45) is 5.92 Å². The zero-order valence-electron chi connectivity index (χ0n) is 18.4. The molecular weight excluding hydrogens is 438 g/mol. The molecule has 0 radical (unpaired) electrons. The van der Waals surface area contributed by atoms with Crippen LogP contribution in [-0.4, -0.2) is 15.5 Å². The molecule has 2 aromatic carbocycles. The molecule has 172 valence electrons. The lowest BCUT2D eigenvalue weighted by Gasteiger charge is -2.22. The molecule has 0 saturated heterocycles. The fraction of sp³-hybridized carbons (Fsp3) is 0.192. The third-order valence-electron chi connectivity index (χ3n) is 6.27. The van der Waals surface area contributed by atoms with Crippen LogP contribution in [0.15, 0.2) is 65.6 Å². The Labute approximate surface area is 194 Å². The number of hydrogen-bond donors (Lipinski definition) is 2. The van der Waals surface area contributed by atoms with E-state index in [0.717, 1.165) is 12.8 Å². The van der Waals surface area contributed by atoms with Crippen molar-refractivity contribution >= 4 is 22.5 Å². The maximum absolute atomic E-state index is 14.9. The molecule has 4 aromatic rings. The first kappa shape index (κ1) is 21.8. The Morgan fingerprint density at radius 2 is 1.91 bits per heavy atom. The van der Waals surface area contributed by atoms with Gasteiger partial charge in [-0.1, -0.05) is 24.3 Å². The van der Waals surface area contributed by atoms with E-state index in [1.807, 2.05) is 0 Å². The second kappa shape index (κ2) is 8.37. The van der Waals surface area contributed by atoms with Crippen LogP contribution in [-0.2, 0) is 0 Å². The number of nitrogens with zero attached hydrogens (tertiary/aromatic N) is 2. The summed E-state index contributed by atoms with van der Waals surface area (Å²) in [5.41, 5.74) is 6.75. The van der Waals surface area contributed by atoms with E-state index in [1.165, 1.54) is 35.0 Å². The van der Waals surface area contributed by atoms with E-state index in [9.17, 15) is 18.4 Å². The molecule has 1 aliphatic rings. The molecule has 0 spiro atoms. The van der Waals surface area contributed by atoms with Crippen LogP contribution in [0.3, 0.4) is 0 Å². The van der Waals surface area contributed by atoms with Crippen LogP contribution < -0.4 is 16.6 Å². The molecular formula is C26H22F2N4O2. The molecule has 1 fully saturated rings. The quantitative estimate of drug-likeness (QED) is 0.461. The van der Waals surface area contributed by atoms with Crippen LogP contribution in [0.5, 0.6) is 0 Å². The zero-order chi connectivity index (χ0) is 24.0. The highest BCUT2D eigenvalue weighted by Crippen LogP contribution is 2.41. The molecule has 0 bridgehead atoms. The highest BCUT2D eigenvalue weighted by molar-refractivity contribution is 6.08. The molecule has 0 unspecified atom stereocenters. The van der Waals surface area contributed by atoms with Gasteiger partial charge in [-0.05, 0) is 61.6 Å². The van der Waals surface area contributed by atoms with Crippen molar-refractivity contribution in [3.63, 3.8) is 0 Å². The normalized spacial score (nSPS) is 14.2. The summed E-state index contributed by atoms with van der Waals surface area (Å²) in [6.45, 7) is 1.61. The number of rotatable bonds is 5. The van der Waals surface area contributed by atoms with Gasteiger partial charge in [0.1, 0.15) is 17.5 Å². The Morgan fingerprint density at radius 3 is 2.62 bits per heavy atom. The molecule has 8 heteroatoms. The van der Waals surface area contributed by atoms with E-state index < -0.39 is 23.3 Å². The number of fused-ring (bicyclic) bond motifs is 1. The second-order valence-corrected chi connectivity index (χ2v) is 8.51. The topological polar surface area (TPSA) is 90.0 Å². The van der Waals surface area contributed by atoms with E-state index >= 15 is 0 Å². The van der Waals surface area contributed by atoms with Gasteiger partial charge in [-0.25, -0.2) is 13.8 Å². The van der Waals surface area contributed by atoms with Gasteiger partial charge in [0.25, 0.3) is 11.5 Å². The van der Waals surface area contributed by atoms with Crippen LogP contribution in [0.4, 0.5) is 14.6 Å². The maximum atomic E-state index is 14.9. The summed E-state index contributed by atoms with van der Waals surface area (Å²) < 4.78 is 30.0. The maximum Gasteiger partial charge on any atom is 0.266 e. The fourth-order valence-corrected chi connectivity index (χ4v) is 4.51. The van der Waals surface area contributed by atoms with Crippen LogP contribution >= 0.6 is 0 Å². The minimum absolute atomic E-state index is 0.0744. The van der Waals surface area contributed by atoms with E-state index in [4.69, 9.17) is 5.73 Å². The minimum atomic E-state index is -0.739. The SMILES string of the molecule is Cc1c(C(=O)N[C@H](c2cccc(F)c2)C2CC2)c2cccc(F)c2c(=O)n1-c1cccnc1N. The number of pyridine rings is 2. The molecule has 3 N–H and O–H groups in total. The molecule has 6 nitrogen and oxygen atoms in total. The Bertz CT molecular complexity index is 1490. The van der Waals surface area contributed by atoms with Gasteiger partial charge in [0.05, 0.1) is 22.7 Å². The summed E-state index contributed by atoms with van der Waals surface area (Å²) in [4.78, 5) is 31.1. The van der Waals surface area contributed by atoms with Crippen molar-refractivity contribution in [1.82, 2.24) is 14.9 Å². The van der Waals surface area contributed by atoms with Gasteiger partial charge >= 0.3 is 0 Å². The number of carbonyl (C=O) groups excluding carboxylic acids is 1. The molecule has 34 heavy (non-hydrogen) atoms. The Hall–Kier alpha value is -4.07. The lowest BCUT2D eigenvalue weighted by atomic mass is 9.99. The predicted octanol–water partition coefficient (Wildman–Crippen LogP) is 4.44. The number of hydrogen-bond acceptors (Lipinski definition) is 4. The van der Waals surface area contributed by atoms with Crippen molar-refractivity contribution in [1.29, 1.82) is 0 Å². The van der Waals surface area contributed by atoms with Gasteiger partial charge in [0.2, 0.25) is 0 Å².